The first kappa shape index (κ1) is 26.8. The van der Waals surface area contributed by atoms with E-state index in [1.165, 1.54) is 44.4 Å². The third kappa shape index (κ3) is 4.17. The highest BCUT2D eigenvalue weighted by Crippen LogP contribution is 2.54. The van der Waals surface area contributed by atoms with E-state index in [2.05, 4.69) is 85.6 Å². The number of nitrogens with one attached hydrogen (secondary N) is 1. The van der Waals surface area contributed by atoms with Crippen molar-refractivity contribution in [2.24, 2.45) is 0 Å². The summed E-state index contributed by atoms with van der Waals surface area (Å²) in [6, 6.07) is 44.6. The Morgan fingerprint density at radius 3 is 1.85 bits per heavy atom. The number of aryl methyl sites for hydroxylation is 1. The van der Waals surface area contributed by atoms with E-state index in [1.54, 1.807) is 5.57 Å². The minimum absolute atomic E-state index is 0.0426. The minimum Gasteiger partial charge on any atom is -0.358 e. The summed E-state index contributed by atoms with van der Waals surface area (Å²) in [6.45, 7) is 4.77. The molecule has 4 heteroatoms. The molecule has 4 nitrogen and oxygen atoms in total. The number of rotatable bonds is 4. The smallest absolute Gasteiger partial charge is 0.164 e. The number of allylic oxidation sites excluding steroid dienone is 1. The monoisotopic (exact) mass is 592 g/mol. The van der Waals surface area contributed by atoms with Gasteiger partial charge in [0.25, 0.3) is 0 Å². The zero-order chi connectivity index (χ0) is 30.8. The first-order valence-corrected chi connectivity index (χ1v) is 16.0. The number of nitrogens with zero attached hydrogens (tertiary/aromatic N) is 3. The number of aromatic amines is 1. The Balaban J connectivity index is 1.17. The Bertz CT molecular complexity index is 2270. The highest BCUT2D eigenvalue weighted by molar-refractivity contribution is 6.04. The maximum Gasteiger partial charge on any atom is 0.164 e. The van der Waals surface area contributed by atoms with Crippen LogP contribution in [0.25, 0.3) is 61.8 Å². The van der Waals surface area contributed by atoms with Crippen molar-refractivity contribution in [3.63, 3.8) is 0 Å². The Kier molecular flexibility index (Phi) is 5.94. The Morgan fingerprint density at radius 1 is 0.543 bits per heavy atom. The van der Waals surface area contributed by atoms with Crippen LogP contribution >= 0.6 is 0 Å². The van der Waals surface area contributed by atoms with Crippen LogP contribution in [0.5, 0.6) is 0 Å². The van der Waals surface area contributed by atoms with Gasteiger partial charge < -0.3 is 4.98 Å². The van der Waals surface area contributed by atoms with E-state index < -0.39 is 0 Å². The van der Waals surface area contributed by atoms with Gasteiger partial charge in [0.1, 0.15) is 0 Å². The van der Waals surface area contributed by atoms with Crippen molar-refractivity contribution < 1.29 is 0 Å². The summed E-state index contributed by atoms with van der Waals surface area (Å²) in [5.74, 6) is 1.99. The Morgan fingerprint density at radius 2 is 1.13 bits per heavy atom. The summed E-state index contributed by atoms with van der Waals surface area (Å²) in [6.07, 6.45) is 2.13. The molecular weight excluding hydrogens is 560 g/mol. The van der Waals surface area contributed by atoms with Crippen LogP contribution in [0.3, 0.4) is 0 Å². The van der Waals surface area contributed by atoms with Gasteiger partial charge in [0.15, 0.2) is 17.5 Å². The molecule has 1 N–H and O–H groups in total. The van der Waals surface area contributed by atoms with Crippen molar-refractivity contribution in [3.05, 3.63) is 155 Å². The summed E-state index contributed by atoms with van der Waals surface area (Å²) in [4.78, 5) is 18.6. The van der Waals surface area contributed by atoms with Crippen LogP contribution in [0.2, 0.25) is 0 Å². The molecule has 0 saturated heterocycles. The highest BCUT2D eigenvalue weighted by Gasteiger charge is 2.41. The quantitative estimate of drug-likeness (QED) is 0.221. The van der Waals surface area contributed by atoms with Crippen LogP contribution in [0.15, 0.2) is 133 Å². The number of aromatic nitrogens is 4. The molecular formula is C42H32N4. The Labute approximate surface area is 268 Å². The fourth-order valence-corrected chi connectivity index (χ4v) is 7.53. The molecule has 0 aliphatic heterocycles. The van der Waals surface area contributed by atoms with Crippen molar-refractivity contribution in [1.82, 2.24) is 19.9 Å². The summed E-state index contributed by atoms with van der Waals surface area (Å²) >= 11 is 0. The number of benzene rings is 5. The second-order valence-corrected chi connectivity index (χ2v) is 12.9. The van der Waals surface area contributed by atoms with E-state index in [4.69, 9.17) is 15.0 Å². The SMILES string of the molecule is CC1(C)C2=C(c3ccccc31)c1c([nH]c3ccc(-c4cccc(-c5nc(-c6ccccc6)nc(-c6ccccc6)n5)c4)cc13)CC2. The second-order valence-electron chi connectivity index (χ2n) is 12.9. The van der Waals surface area contributed by atoms with Gasteiger partial charge in [0.05, 0.1) is 0 Å². The van der Waals surface area contributed by atoms with Crippen LogP contribution in [0.4, 0.5) is 0 Å². The fourth-order valence-electron chi connectivity index (χ4n) is 7.53. The molecule has 0 unspecified atom stereocenters. The summed E-state index contributed by atoms with van der Waals surface area (Å²) in [5.41, 5.74) is 15.0. The summed E-state index contributed by atoms with van der Waals surface area (Å²) < 4.78 is 0. The van der Waals surface area contributed by atoms with E-state index in [0.717, 1.165) is 35.1 Å². The molecule has 0 atom stereocenters. The van der Waals surface area contributed by atoms with Gasteiger partial charge in [-0.3, -0.25) is 0 Å². The molecule has 0 radical (unpaired) electrons. The van der Waals surface area contributed by atoms with Crippen LogP contribution in [0, 0.1) is 0 Å². The van der Waals surface area contributed by atoms with E-state index in [-0.39, 0.29) is 5.41 Å². The van der Waals surface area contributed by atoms with Crippen molar-refractivity contribution in [2.75, 3.05) is 0 Å². The van der Waals surface area contributed by atoms with Crippen molar-refractivity contribution in [2.45, 2.75) is 32.1 Å². The predicted octanol–water partition coefficient (Wildman–Crippen LogP) is 10.1. The molecule has 9 rings (SSSR count). The zero-order valence-corrected chi connectivity index (χ0v) is 25.9. The number of fused-ring (bicyclic) bond motifs is 6. The molecule has 0 saturated carbocycles. The molecule has 2 aliphatic rings. The number of hydrogen-bond acceptors (Lipinski definition) is 3. The van der Waals surface area contributed by atoms with Gasteiger partial charge in [-0.1, -0.05) is 129 Å². The van der Waals surface area contributed by atoms with Gasteiger partial charge in [-0.25, -0.2) is 15.0 Å². The van der Waals surface area contributed by atoms with E-state index in [1.807, 2.05) is 60.7 Å². The first-order valence-electron chi connectivity index (χ1n) is 16.0. The fraction of sp³-hybridized carbons (Fsp3) is 0.119. The first-order chi connectivity index (χ1) is 22.5. The third-order valence-electron chi connectivity index (χ3n) is 9.83. The lowest BCUT2D eigenvalue weighted by atomic mass is 9.77. The van der Waals surface area contributed by atoms with E-state index >= 15 is 0 Å². The summed E-state index contributed by atoms with van der Waals surface area (Å²) in [5, 5.41) is 1.29. The van der Waals surface area contributed by atoms with Gasteiger partial charge >= 0.3 is 0 Å². The topological polar surface area (TPSA) is 54.5 Å². The zero-order valence-electron chi connectivity index (χ0n) is 25.9. The van der Waals surface area contributed by atoms with Crippen LogP contribution < -0.4 is 0 Å². The van der Waals surface area contributed by atoms with Gasteiger partial charge in [0, 0.05) is 44.3 Å². The molecule has 0 amide bonds. The molecule has 2 heterocycles. The van der Waals surface area contributed by atoms with Gasteiger partial charge in [-0.05, 0) is 58.9 Å². The molecule has 220 valence electrons. The normalized spacial score (nSPS) is 14.7. The lowest BCUT2D eigenvalue weighted by molar-refractivity contribution is 0.602. The molecule has 7 aromatic rings. The Hall–Kier alpha value is -5.61. The summed E-state index contributed by atoms with van der Waals surface area (Å²) in [7, 11) is 0. The molecule has 5 aromatic carbocycles. The molecule has 2 aromatic heterocycles. The predicted molar refractivity (Wildman–Crippen MR) is 187 cm³/mol. The molecule has 46 heavy (non-hydrogen) atoms. The van der Waals surface area contributed by atoms with Crippen LogP contribution in [-0.2, 0) is 11.8 Å². The molecule has 0 bridgehead atoms. The molecule has 0 spiro atoms. The van der Waals surface area contributed by atoms with Gasteiger partial charge in [0.2, 0.25) is 0 Å². The maximum atomic E-state index is 4.97. The largest absolute Gasteiger partial charge is 0.358 e. The van der Waals surface area contributed by atoms with E-state index in [9.17, 15) is 0 Å². The number of hydrogen-bond donors (Lipinski definition) is 1. The molecule has 2 aliphatic carbocycles. The van der Waals surface area contributed by atoms with E-state index in [0.29, 0.717) is 17.5 Å². The lowest BCUT2D eigenvalue weighted by Gasteiger charge is -2.27. The maximum absolute atomic E-state index is 4.97. The van der Waals surface area contributed by atoms with Crippen molar-refractivity contribution in [1.29, 1.82) is 0 Å². The average Bonchev–Trinajstić information content (AvgIpc) is 3.60. The van der Waals surface area contributed by atoms with Crippen LogP contribution in [0.1, 0.15) is 42.7 Å². The molecule has 0 fully saturated rings. The second kappa shape index (κ2) is 10.2. The minimum atomic E-state index is 0.0426. The van der Waals surface area contributed by atoms with Crippen molar-refractivity contribution >= 4 is 16.5 Å². The third-order valence-corrected chi connectivity index (χ3v) is 9.83. The highest BCUT2D eigenvalue weighted by atomic mass is 15.0. The van der Waals surface area contributed by atoms with Gasteiger partial charge in [-0.15, -0.1) is 0 Å². The lowest BCUT2D eigenvalue weighted by Crippen LogP contribution is -2.19. The van der Waals surface area contributed by atoms with Crippen LogP contribution in [-0.4, -0.2) is 19.9 Å². The number of H-pyrrole nitrogens is 1. The standard InChI is InChI=1S/C42H32N4/c1-42(2)33-19-10-9-18-31(33)37-34(42)21-23-36-38(37)32-25-29(20-22-35(32)43-36)28-16-11-17-30(24-28)41-45-39(26-12-5-3-6-13-26)44-40(46-41)27-14-7-4-8-15-27/h3-20,22,24-25,43H,21,23H2,1-2H3. The van der Waals surface area contributed by atoms with Gasteiger partial charge in [-0.2, -0.15) is 0 Å². The average molecular weight is 593 g/mol. The van der Waals surface area contributed by atoms with Crippen molar-refractivity contribution in [3.8, 4) is 45.3 Å².